The van der Waals surface area contributed by atoms with Crippen LogP contribution in [0.15, 0.2) is 0 Å². The van der Waals surface area contributed by atoms with Crippen molar-refractivity contribution in [3.05, 3.63) is 0 Å². The Morgan fingerprint density at radius 2 is 1.35 bits per heavy atom. The molecule has 2 aliphatic heterocycles. The summed E-state index contributed by atoms with van der Waals surface area (Å²) in [7, 11) is 5.36. The van der Waals surface area contributed by atoms with E-state index in [0.717, 1.165) is 0 Å². The smallest absolute Gasteiger partial charge is 0.303 e. The van der Waals surface area contributed by atoms with Crippen LogP contribution < -0.4 is 5.32 Å². The van der Waals surface area contributed by atoms with Crippen LogP contribution in [0.2, 0.25) is 0 Å². The molecule has 0 spiro atoms. The lowest BCUT2D eigenvalue weighted by atomic mass is 9.84. The van der Waals surface area contributed by atoms with Gasteiger partial charge in [0, 0.05) is 45.4 Å². The zero-order chi connectivity index (χ0) is 34.9. The number of nitrogens with one attached hydrogen (secondary N) is 1. The van der Waals surface area contributed by atoms with Crippen LogP contribution in [-0.2, 0) is 28.8 Å². The molecule has 0 radical (unpaired) electrons. The van der Waals surface area contributed by atoms with Crippen molar-refractivity contribution < 1.29 is 33.9 Å². The van der Waals surface area contributed by atoms with E-state index in [1.807, 2.05) is 60.5 Å². The van der Waals surface area contributed by atoms with E-state index in [9.17, 15) is 28.8 Å². The minimum Gasteiger partial charge on any atom is -0.481 e. The van der Waals surface area contributed by atoms with Gasteiger partial charge in [0.2, 0.25) is 23.6 Å². The lowest BCUT2D eigenvalue weighted by molar-refractivity contribution is -0.154. The maximum Gasteiger partial charge on any atom is 0.303 e. The molecular weight excluding hydrogens is 590 g/mol. The zero-order valence-corrected chi connectivity index (χ0v) is 29.6. The van der Waals surface area contributed by atoms with Gasteiger partial charge < -0.3 is 25.1 Å². The van der Waals surface area contributed by atoms with Crippen LogP contribution >= 0.6 is 0 Å². The van der Waals surface area contributed by atoms with Gasteiger partial charge >= 0.3 is 5.97 Å². The number of carbonyl (C=O) groups is 6. The van der Waals surface area contributed by atoms with E-state index in [0.29, 0.717) is 58.2 Å². The second kappa shape index (κ2) is 17.8. The van der Waals surface area contributed by atoms with Crippen molar-refractivity contribution in [3.63, 3.8) is 0 Å². The van der Waals surface area contributed by atoms with Crippen LogP contribution in [0.4, 0.5) is 0 Å². The first-order valence-electron chi connectivity index (χ1n) is 17.1. The van der Waals surface area contributed by atoms with E-state index in [-0.39, 0.29) is 66.0 Å². The number of rotatable bonds is 17. The fourth-order valence-electron chi connectivity index (χ4n) is 7.18. The molecule has 2 N–H and O–H groups in total. The third-order valence-electron chi connectivity index (χ3n) is 9.49. The van der Waals surface area contributed by atoms with Gasteiger partial charge in [-0.05, 0) is 70.4 Å². The number of likely N-dealkylation sites (tertiary alicyclic amines) is 2. The SMILES string of the molecule is CC(C)C(CC(=O)C(C(C)C)N(C)C)C(=O)N(C)C(C(=O)N1CCCC1C(=O)N1CCCC1C(=O)NCCCCC(=O)O)C(C)C. The summed E-state index contributed by atoms with van der Waals surface area (Å²) in [6, 6.07) is -2.46. The monoisotopic (exact) mass is 649 g/mol. The summed E-state index contributed by atoms with van der Waals surface area (Å²) >= 11 is 0. The third kappa shape index (κ3) is 9.99. The first-order chi connectivity index (χ1) is 21.5. The van der Waals surface area contributed by atoms with Gasteiger partial charge in [-0.2, -0.15) is 0 Å². The maximum atomic E-state index is 14.2. The third-order valence-corrected chi connectivity index (χ3v) is 9.49. The number of hydrogen-bond acceptors (Lipinski definition) is 7. The van der Waals surface area contributed by atoms with Crippen LogP contribution in [0.5, 0.6) is 0 Å². The number of ketones is 1. The molecule has 2 heterocycles. The van der Waals surface area contributed by atoms with E-state index < -0.39 is 30.0 Å². The number of unbranched alkanes of at least 4 members (excludes halogenated alkanes) is 1. The van der Waals surface area contributed by atoms with Crippen molar-refractivity contribution in [2.24, 2.45) is 23.7 Å². The van der Waals surface area contributed by atoms with Crippen LogP contribution in [0.3, 0.4) is 0 Å². The molecule has 0 aromatic carbocycles. The summed E-state index contributed by atoms with van der Waals surface area (Å²) in [5.74, 6) is -2.78. The molecule has 5 atom stereocenters. The molecule has 0 aliphatic carbocycles. The zero-order valence-electron chi connectivity index (χ0n) is 29.6. The van der Waals surface area contributed by atoms with Crippen molar-refractivity contribution in [3.8, 4) is 0 Å². The molecule has 2 fully saturated rings. The highest BCUT2D eigenvalue weighted by Gasteiger charge is 2.45. The number of hydrogen-bond donors (Lipinski definition) is 2. The van der Waals surface area contributed by atoms with Crippen LogP contribution in [0, 0.1) is 23.7 Å². The number of carboxylic acid groups (broad SMARTS) is 1. The molecule has 12 nitrogen and oxygen atoms in total. The Bertz CT molecular complexity index is 1080. The van der Waals surface area contributed by atoms with Gasteiger partial charge in [0.05, 0.1) is 6.04 Å². The molecule has 0 aromatic heterocycles. The van der Waals surface area contributed by atoms with Crippen LogP contribution in [0.25, 0.3) is 0 Å². The number of Topliss-reactive ketones (excluding diaryl/α,β-unsaturated/α-hetero) is 1. The number of aliphatic carboxylic acids is 1. The van der Waals surface area contributed by atoms with Crippen molar-refractivity contribution in [2.45, 2.75) is 117 Å². The van der Waals surface area contributed by atoms with Crippen molar-refractivity contribution in [2.75, 3.05) is 40.8 Å². The molecule has 0 aromatic rings. The lowest BCUT2D eigenvalue weighted by Gasteiger charge is -2.38. The Kier molecular flexibility index (Phi) is 15.1. The van der Waals surface area contributed by atoms with Crippen molar-refractivity contribution in [1.29, 1.82) is 0 Å². The average molecular weight is 650 g/mol. The summed E-state index contributed by atoms with van der Waals surface area (Å²) in [6.45, 7) is 12.7. The first kappa shape index (κ1) is 39.2. The van der Waals surface area contributed by atoms with Crippen molar-refractivity contribution in [1.82, 2.24) is 24.9 Å². The summed E-state index contributed by atoms with van der Waals surface area (Å²) in [5.41, 5.74) is 0. The fraction of sp³-hybridized carbons (Fsp3) is 0.824. The van der Waals surface area contributed by atoms with Gasteiger partial charge in [0.25, 0.3) is 0 Å². The highest BCUT2D eigenvalue weighted by atomic mass is 16.4. The number of carbonyl (C=O) groups excluding carboxylic acids is 5. The van der Waals surface area contributed by atoms with E-state index in [1.165, 1.54) is 4.90 Å². The number of carboxylic acids is 1. The fourth-order valence-corrected chi connectivity index (χ4v) is 7.18. The summed E-state index contributed by atoms with van der Waals surface area (Å²) < 4.78 is 0. The Morgan fingerprint density at radius 3 is 1.87 bits per heavy atom. The summed E-state index contributed by atoms with van der Waals surface area (Å²) in [6.07, 6.45) is 3.45. The molecule has 4 amide bonds. The van der Waals surface area contributed by atoms with E-state index in [2.05, 4.69) is 5.32 Å². The Hall–Kier alpha value is -3.02. The van der Waals surface area contributed by atoms with Gasteiger partial charge in [0.15, 0.2) is 5.78 Å². The van der Waals surface area contributed by atoms with Crippen molar-refractivity contribution >= 4 is 35.4 Å². The normalized spacial score (nSPS) is 20.4. The quantitative estimate of drug-likeness (QED) is 0.229. The predicted octanol–water partition coefficient (Wildman–Crippen LogP) is 2.64. The van der Waals surface area contributed by atoms with Gasteiger partial charge in [-0.1, -0.05) is 41.5 Å². The maximum absolute atomic E-state index is 14.2. The molecule has 46 heavy (non-hydrogen) atoms. The Balaban J connectivity index is 2.18. The summed E-state index contributed by atoms with van der Waals surface area (Å²) in [5, 5.41) is 11.7. The summed E-state index contributed by atoms with van der Waals surface area (Å²) in [4.78, 5) is 85.7. The molecule has 12 heteroatoms. The van der Waals surface area contributed by atoms with Gasteiger partial charge in [-0.3, -0.25) is 33.7 Å². The van der Waals surface area contributed by atoms with Gasteiger partial charge in [-0.25, -0.2) is 0 Å². The lowest BCUT2D eigenvalue weighted by Crippen LogP contribution is -2.58. The molecule has 5 unspecified atom stereocenters. The first-order valence-corrected chi connectivity index (χ1v) is 17.1. The molecule has 0 saturated carbocycles. The minimum atomic E-state index is -0.876. The molecule has 2 aliphatic rings. The minimum absolute atomic E-state index is 0.00235. The average Bonchev–Trinajstić information content (AvgIpc) is 3.64. The predicted molar refractivity (Wildman–Crippen MR) is 176 cm³/mol. The largest absolute Gasteiger partial charge is 0.481 e. The molecule has 262 valence electrons. The van der Waals surface area contributed by atoms with Crippen LogP contribution in [-0.4, -0.2) is 125 Å². The Labute approximate surface area is 275 Å². The topological polar surface area (TPSA) is 148 Å². The highest BCUT2D eigenvalue weighted by molar-refractivity contribution is 5.96. The molecule has 2 saturated heterocycles. The van der Waals surface area contributed by atoms with E-state index in [1.54, 1.807) is 16.8 Å². The second-order valence-corrected chi connectivity index (χ2v) is 14.3. The number of amides is 4. The second-order valence-electron chi connectivity index (χ2n) is 14.3. The highest BCUT2D eigenvalue weighted by Crippen LogP contribution is 2.29. The van der Waals surface area contributed by atoms with Crippen LogP contribution in [0.1, 0.15) is 92.9 Å². The van der Waals surface area contributed by atoms with Gasteiger partial charge in [0.1, 0.15) is 18.1 Å². The van der Waals surface area contributed by atoms with E-state index in [4.69, 9.17) is 5.11 Å². The number of likely N-dealkylation sites (N-methyl/N-ethyl adjacent to an activating group) is 2. The number of nitrogens with zero attached hydrogens (tertiary/aromatic N) is 4. The standard InChI is InChI=1S/C34H59N5O7/c1-21(2)24(20-27(40)29(22(3)4)36(7)8)32(44)37(9)30(23(5)6)34(46)39-19-13-15-26(39)33(45)38-18-12-14-25(38)31(43)35-17-11-10-16-28(41)42/h21-26,29-30H,10-20H2,1-9H3,(H,35,43)(H,41,42). The molecular formula is C34H59N5O7. The molecule has 2 rings (SSSR count). The van der Waals surface area contributed by atoms with E-state index >= 15 is 0 Å². The van der Waals surface area contributed by atoms with Gasteiger partial charge in [-0.15, -0.1) is 0 Å². The molecule has 0 bridgehead atoms. The Morgan fingerprint density at radius 1 is 0.783 bits per heavy atom.